The average Bonchev–Trinajstić information content (AvgIpc) is 2.78. The molecule has 2 rings (SSSR count). The van der Waals surface area contributed by atoms with E-state index in [1.165, 1.54) is 12.1 Å². The normalized spacial score (nSPS) is 18.9. The lowest BCUT2D eigenvalue weighted by molar-refractivity contribution is 0.585. The molecule has 1 unspecified atom stereocenters. The molecule has 1 heterocycles. The smallest absolute Gasteiger partial charge is 0.161 e. The van der Waals surface area contributed by atoms with E-state index in [1.807, 2.05) is 0 Å². The maximum atomic E-state index is 13.8. The maximum absolute atomic E-state index is 13.8. The first kappa shape index (κ1) is 13.3. The summed E-state index contributed by atoms with van der Waals surface area (Å²) in [7, 11) is 0. The number of nitrogens with one attached hydrogen (secondary N) is 1. The largest absolute Gasteiger partial charge is 0.330 e. The van der Waals surface area contributed by atoms with Crippen LogP contribution in [0.1, 0.15) is 25.3 Å². The van der Waals surface area contributed by atoms with Crippen molar-refractivity contribution in [3.8, 4) is 0 Å². The molecule has 1 aliphatic rings. The number of amidine groups is 1. The minimum absolute atomic E-state index is 0.0987. The minimum Gasteiger partial charge on any atom is -0.330 e. The van der Waals surface area contributed by atoms with Gasteiger partial charge in [0.05, 0.1) is 6.54 Å². The number of aliphatic imine (C=N–C) groups is 1. The Balaban J connectivity index is 2.09. The van der Waals surface area contributed by atoms with Crippen molar-refractivity contribution in [3.05, 3.63) is 29.3 Å². The van der Waals surface area contributed by atoms with Gasteiger partial charge >= 0.3 is 0 Å². The summed E-state index contributed by atoms with van der Waals surface area (Å²) in [6.45, 7) is 4.45. The standard InChI is InChI=1S/C13H16F2N2S/c1-3-4-9-7-16-13(18-9)17-12-10(14)6-5-8(2)11(12)15/h5-6,9H,3-4,7H2,1-2H3,(H,16,17). The van der Waals surface area contributed by atoms with Crippen LogP contribution in [0.5, 0.6) is 0 Å². The molecule has 0 radical (unpaired) electrons. The average molecular weight is 270 g/mol. The van der Waals surface area contributed by atoms with E-state index in [1.54, 1.807) is 18.7 Å². The van der Waals surface area contributed by atoms with E-state index in [2.05, 4.69) is 17.2 Å². The molecule has 1 N–H and O–H groups in total. The summed E-state index contributed by atoms with van der Waals surface area (Å²) in [5, 5.41) is 3.80. The molecule has 0 saturated carbocycles. The minimum atomic E-state index is -0.583. The predicted molar refractivity (Wildman–Crippen MR) is 73.3 cm³/mol. The van der Waals surface area contributed by atoms with E-state index in [-0.39, 0.29) is 5.69 Å². The third-order valence-corrected chi connectivity index (χ3v) is 4.02. The van der Waals surface area contributed by atoms with E-state index in [0.29, 0.717) is 16.0 Å². The predicted octanol–water partition coefficient (Wildman–Crippen LogP) is 3.96. The van der Waals surface area contributed by atoms with Crippen LogP contribution in [0.4, 0.5) is 14.5 Å². The molecule has 0 aliphatic carbocycles. The first-order chi connectivity index (χ1) is 8.61. The van der Waals surface area contributed by atoms with E-state index >= 15 is 0 Å². The van der Waals surface area contributed by atoms with Crippen LogP contribution in [0.2, 0.25) is 0 Å². The molecular weight excluding hydrogens is 254 g/mol. The third-order valence-electron chi connectivity index (χ3n) is 2.84. The second-order valence-electron chi connectivity index (χ2n) is 4.35. The number of nitrogens with zero attached hydrogens (tertiary/aromatic N) is 1. The van der Waals surface area contributed by atoms with Gasteiger partial charge in [0.2, 0.25) is 0 Å². The molecule has 0 fully saturated rings. The Morgan fingerprint density at radius 2 is 2.22 bits per heavy atom. The first-order valence-corrected chi connectivity index (χ1v) is 6.92. The molecule has 0 aromatic heterocycles. The van der Waals surface area contributed by atoms with Crippen molar-refractivity contribution in [2.45, 2.75) is 31.9 Å². The molecule has 1 aromatic rings. The number of rotatable bonds is 3. The molecule has 0 amide bonds. The van der Waals surface area contributed by atoms with Crippen LogP contribution in [0.3, 0.4) is 0 Å². The van der Waals surface area contributed by atoms with Crippen molar-refractivity contribution >= 4 is 22.6 Å². The van der Waals surface area contributed by atoms with Crippen molar-refractivity contribution in [2.24, 2.45) is 4.99 Å². The van der Waals surface area contributed by atoms with Crippen LogP contribution in [-0.4, -0.2) is 17.0 Å². The molecule has 1 aliphatic heterocycles. The summed E-state index contributed by atoms with van der Waals surface area (Å²) >= 11 is 1.56. The Labute approximate surface area is 110 Å². The summed E-state index contributed by atoms with van der Waals surface area (Å²) in [5.41, 5.74) is 0.325. The molecule has 1 aromatic carbocycles. The van der Waals surface area contributed by atoms with Gasteiger partial charge in [0.1, 0.15) is 11.5 Å². The zero-order valence-corrected chi connectivity index (χ0v) is 11.3. The highest BCUT2D eigenvalue weighted by Gasteiger charge is 2.21. The van der Waals surface area contributed by atoms with Gasteiger partial charge in [-0.15, -0.1) is 0 Å². The molecule has 18 heavy (non-hydrogen) atoms. The van der Waals surface area contributed by atoms with Gasteiger partial charge in [-0.2, -0.15) is 0 Å². The molecule has 98 valence electrons. The number of benzene rings is 1. The van der Waals surface area contributed by atoms with Gasteiger partial charge in [-0.3, -0.25) is 4.99 Å². The second kappa shape index (κ2) is 5.69. The second-order valence-corrected chi connectivity index (χ2v) is 5.64. The molecule has 0 spiro atoms. The number of halogens is 2. The first-order valence-electron chi connectivity index (χ1n) is 6.04. The zero-order chi connectivity index (χ0) is 13.1. The van der Waals surface area contributed by atoms with Gasteiger partial charge in [-0.25, -0.2) is 8.78 Å². The van der Waals surface area contributed by atoms with Crippen LogP contribution in [0.15, 0.2) is 17.1 Å². The van der Waals surface area contributed by atoms with Gasteiger partial charge in [-0.05, 0) is 25.0 Å². The Bertz CT molecular complexity index is 474. The van der Waals surface area contributed by atoms with Crippen molar-refractivity contribution in [1.29, 1.82) is 0 Å². The third kappa shape index (κ3) is 2.83. The van der Waals surface area contributed by atoms with Gasteiger partial charge in [0.25, 0.3) is 0 Å². The molecule has 0 bridgehead atoms. The van der Waals surface area contributed by atoms with Gasteiger partial charge in [0, 0.05) is 5.25 Å². The van der Waals surface area contributed by atoms with E-state index in [0.717, 1.165) is 19.4 Å². The fraction of sp³-hybridized carbons (Fsp3) is 0.462. The van der Waals surface area contributed by atoms with Crippen LogP contribution in [0, 0.1) is 18.6 Å². The van der Waals surface area contributed by atoms with Crippen molar-refractivity contribution < 1.29 is 8.78 Å². The molecular formula is C13H16F2N2S. The fourth-order valence-corrected chi connectivity index (χ4v) is 2.96. The molecule has 5 heteroatoms. The van der Waals surface area contributed by atoms with Gasteiger partial charge < -0.3 is 5.32 Å². The van der Waals surface area contributed by atoms with Crippen molar-refractivity contribution in [2.75, 3.05) is 11.9 Å². The fourth-order valence-electron chi connectivity index (χ4n) is 1.84. The quantitative estimate of drug-likeness (QED) is 0.899. The van der Waals surface area contributed by atoms with Crippen LogP contribution in [-0.2, 0) is 0 Å². The lowest BCUT2D eigenvalue weighted by Crippen LogP contribution is -2.10. The highest BCUT2D eigenvalue weighted by atomic mass is 32.2. The maximum Gasteiger partial charge on any atom is 0.161 e. The Morgan fingerprint density at radius 1 is 1.44 bits per heavy atom. The summed E-state index contributed by atoms with van der Waals surface area (Å²) in [6.07, 6.45) is 2.16. The molecule has 1 atom stereocenters. The highest BCUT2D eigenvalue weighted by molar-refractivity contribution is 8.15. The number of anilines is 1. The Hall–Kier alpha value is -1.10. The van der Waals surface area contributed by atoms with E-state index in [9.17, 15) is 8.78 Å². The van der Waals surface area contributed by atoms with Gasteiger partial charge in [-0.1, -0.05) is 31.2 Å². The summed E-state index contributed by atoms with van der Waals surface area (Å²) in [4.78, 5) is 4.28. The molecule has 2 nitrogen and oxygen atoms in total. The van der Waals surface area contributed by atoms with Crippen molar-refractivity contribution in [1.82, 2.24) is 0 Å². The van der Waals surface area contributed by atoms with Crippen LogP contribution < -0.4 is 5.32 Å². The number of aryl methyl sites for hydroxylation is 1. The van der Waals surface area contributed by atoms with E-state index in [4.69, 9.17) is 0 Å². The monoisotopic (exact) mass is 270 g/mol. The lowest BCUT2D eigenvalue weighted by Gasteiger charge is -2.10. The topological polar surface area (TPSA) is 24.4 Å². The lowest BCUT2D eigenvalue weighted by atomic mass is 10.2. The summed E-state index contributed by atoms with van der Waals surface area (Å²) in [5.74, 6) is -1.13. The zero-order valence-electron chi connectivity index (χ0n) is 10.5. The van der Waals surface area contributed by atoms with Crippen LogP contribution >= 0.6 is 11.8 Å². The highest BCUT2D eigenvalue weighted by Crippen LogP contribution is 2.28. The van der Waals surface area contributed by atoms with Gasteiger partial charge in [0.15, 0.2) is 11.0 Å². The summed E-state index contributed by atoms with van der Waals surface area (Å²) in [6, 6.07) is 2.70. The van der Waals surface area contributed by atoms with Crippen LogP contribution in [0.25, 0.3) is 0 Å². The Kier molecular flexibility index (Phi) is 4.22. The summed E-state index contributed by atoms with van der Waals surface area (Å²) < 4.78 is 27.4. The Morgan fingerprint density at radius 3 is 2.94 bits per heavy atom. The number of hydrogen-bond donors (Lipinski definition) is 1. The SMILES string of the molecule is CCCC1CN=C(Nc2c(F)ccc(C)c2F)S1. The van der Waals surface area contributed by atoms with Crippen molar-refractivity contribution in [3.63, 3.8) is 0 Å². The number of hydrogen-bond acceptors (Lipinski definition) is 3. The molecule has 0 saturated heterocycles. The number of thioether (sulfide) groups is 1. The van der Waals surface area contributed by atoms with E-state index < -0.39 is 11.6 Å².